The summed E-state index contributed by atoms with van der Waals surface area (Å²) >= 11 is 0. The molecule has 2 aliphatic heterocycles. The lowest BCUT2D eigenvalue weighted by Crippen LogP contribution is -2.58. The standard InChI is InChI=1S/C19H31N5O3/c1-15-21-17(22-27-15)16-5-4-8-23(13-16)18(25)20-14-19(6-2-3-7-19)24-9-11-26-12-10-24/h16H,2-14H2,1H3,(H,20,25). The first-order chi connectivity index (χ1) is 13.2. The fraction of sp³-hybridized carbons (Fsp3) is 0.842. The Labute approximate surface area is 160 Å². The van der Waals surface area contributed by atoms with E-state index in [2.05, 4.69) is 20.4 Å². The van der Waals surface area contributed by atoms with Gasteiger partial charge in [0.15, 0.2) is 5.82 Å². The molecule has 1 aromatic heterocycles. The number of rotatable bonds is 4. The van der Waals surface area contributed by atoms with Crippen LogP contribution < -0.4 is 5.32 Å². The van der Waals surface area contributed by atoms with Gasteiger partial charge < -0.3 is 19.5 Å². The van der Waals surface area contributed by atoms with Crippen molar-refractivity contribution >= 4 is 6.03 Å². The van der Waals surface area contributed by atoms with Gasteiger partial charge in [0.05, 0.1) is 13.2 Å². The van der Waals surface area contributed by atoms with Gasteiger partial charge >= 0.3 is 6.03 Å². The van der Waals surface area contributed by atoms with E-state index in [-0.39, 0.29) is 17.5 Å². The summed E-state index contributed by atoms with van der Waals surface area (Å²) < 4.78 is 10.6. The average molecular weight is 377 g/mol. The highest BCUT2D eigenvalue weighted by Crippen LogP contribution is 2.35. The zero-order valence-corrected chi connectivity index (χ0v) is 16.3. The summed E-state index contributed by atoms with van der Waals surface area (Å²) in [7, 11) is 0. The van der Waals surface area contributed by atoms with Crippen LogP contribution in [-0.4, -0.2) is 77.4 Å². The maximum absolute atomic E-state index is 12.9. The van der Waals surface area contributed by atoms with E-state index in [1.807, 2.05) is 4.90 Å². The van der Waals surface area contributed by atoms with Crippen LogP contribution in [0, 0.1) is 6.92 Å². The Morgan fingerprint density at radius 3 is 2.70 bits per heavy atom. The third kappa shape index (κ3) is 4.11. The Morgan fingerprint density at radius 2 is 2.00 bits per heavy atom. The average Bonchev–Trinajstić information content (AvgIpc) is 3.37. The smallest absolute Gasteiger partial charge is 0.317 e. The molecule has 0 spiro atoms. The lowest BCUT2D eigenvalue weighted by molar-refractivity contribution is -0.0198. The van der Waals surface area contributed by atoms with Gasteiger partial charge in [-0.1, -0.05) is 18.0 Å². The lowest BCUT2D eigenvalue weighted by atomic mass is 9.94. The highest BCUT2D eigenvalue weighted by atomic mass is 16.5. The predicted octanol–water partition coefficient (Wildman–Crippen LogP) is 1.91. The van der Waals surface area contributed by atoms with E-state index in [1.54, 1.807) is 6.92 Å². The van der Waals surface area contributed by atoms with Crippen molar-refractivity contribution in [1.29, 1.82) is 0 Å². The van der Waals surface area contributed by atoms with Crippen LogP contribution in [0.5, 0.6) is 0 Å². The normalized spacial score (nSPS) is 26.3. The van der Waals surface area contributed by atoms with Crippen LogP contribution >= 0.6 is 0 Å². The quantitative estimate of drug-likeness (QED) is 0.863. The number of urea groups is 1. The summed E-state index contributed by atoms with van der Waals surface area (Å²) in [6, 6.07) is 0.0412. The molecule has 4 rings (SSSR count). The van der Waals surface area contributed by atoms with Gasteiger partial charge in [0.1, 0.15) is 0 Å². The Bertz CT molecular complexity index is 637. The second-order valence-electron chi connectivity index (χ2n) is 8.15. The van der Waals surface area contributed by atoms with Crippen molar-refractivity contribution in [2.24, 2.45) is 0 Å². The summed E-state index contributed by atoms with van der Waals surface area (Å²) in [6.07, 6.45) is 6.79. The number of carbonyl (C=O) groups is 1. The minimum Gasteiger partial charge on any atom is -0.379 e. The van der Waals surface area contributed by atoms with Crippen LogP contribution in [0.25, 0.3) is 0 Å². The molecule has 0 radical (unpaired) electrons. The second-order valence-corrected chi connectivity index (χ2v) is 8.15. The van der Waals surface area contributed by atoms with Gasteiger partial charge in [0.2, 0.25) is 5.89 Å². The number of likely N-dealkylation sites (tertiary alicyclic amines) is 1. The van der Waals surface area contributed by atoms with Crippen molar-refractivity contribution in [3.63, 3.8) is 0 Å². The maximum Gasteiger partial charge on any atom is 0.317 e. The molecule has 1 N–H and O–H groups in total. The zero-order valence-electron chi connectivity index (χ0n) is 16.3. The molecule has 8 heteroatoms. The highest BCUT2D eigenvalue weighted by Gasteiger charge is 2.40. The summed E-state index contributed by atoms with van der Waals surface area (Å²) in [5.41, 5.74) is 0.111. The number of hydrogen-bond donors (Lipinski definition) is 1. The molecular weight excluding hydrogens is 346 g/mol. The van der Waals surface area contributed by atoms with E-state index in [4.69, 9.17) is 9.26 Å². The van der Waals surface area contributed by atoms with Crippen LogP contribution in [0.3, 0.4) is 0 Å². The van der Waals surface area contributed by atoms with Crippen molar-refractivity contribution in [3.05, 3.63) is 11.7 Å². The highest BCUT2D eigenvalue weighted by molar-refractivity contribution is 5.74. The van der Waals surface area contributed by atoms with Crippen molar-refractivity contribution in [2.75, 3.05) is 45.9 Å². The molecule has 3 fully saturated rings. The van der Waals surface area contributed by atoms with E-state index in [1.165, 1.54) is 12.8 Å². The first kappa shape index (κ1) is 18.7. The van der Waals surface area contributed by atoms with E-state index >= 15 is 0 Å². The number of ether oxygens (including phenoxy) is 1. The molecule has 1 atom stereocenters. The molecule has 1 saturated carbocycles. The molecule has 150 valence electrons. The van der Waals surface area contributed by atoms with Gasteiger partial charge in [-0.05, 0) is 25.7 Å². The number of morpholine rings is 1. The molecular formula is C19H31N5O3. The summed E-state index contributed by atoms with van der Waals surface area (Å²) in [4.78, 5) is 21.7. The third-order valence-corrected chi connectivity index (χ3v) is 6.40. The first-order valence-corrected chi connectivity index (χ1v) is 10.3. The Hall–Kier alpha value is -1.67. The largest absolute Gasteiger partial charge is 0.379 e. The van der Waals surface area contributed by atoms with E-state index < -0.39 is 0 Å². The number of carbonyl (C=O) groups excluding carboxylic acids is 1. The number of nitrogens with one attached hydrogen (secondary N) is 1. The summed E-state index contributed by atoms with van der Waals surface area (Å²) in [6.45, 7) is 7.53. The molecule has 0 bridgehead atoms. The number of aromatic nitrogens is 2. The van der Waals surface area contributed by atoms with E-state index in [9.17, 15) is 4.79 Å². The van der Waals surface area contributed by atoms with Gasteiger partial charge in [-0.25, -0.2) is 4.79 Å². The van der Waals surface area contributed by atoms with Crippen LogP contribution in [-0.2, 0) is 4.74 Å². The van der Waals surface area contributed by atoms with E-state index in [0.717, 1.165) is 70.9 Å². The molecule has 3 heterocycles. The lowest BCUT2D eigenvalue weighted by Gasteiger charge is -2.44. The predicted molar refractivity (Wildman–Crippen MR) is 99.6 cm³/mol. The van der Waals surface area contributed by atoms with Gasteiger partial charge in [-0.2, -0.15) is 4.98 Å². The molecule has 1 unspecified atom stereocenters. The van der Waals surface area contributed by atoms with Crippen LogP contribution in [0.2, 0.25) is 0 Å². The molecule has 1 aromatic rings. The molecule has 8 nitrogen and oxygen atoms in total. The van der Waals surface area contributed by atoms with Crippen molar-refractivity contribution < 1.29 is 14.1 Å². The van der Waals surface area contributed by atoms with Crippen molar-refractivity contribution in [3.8, 4) is 0 Å². The van der Waals surface area contributed by atoms with Crippen LogP contribution in [0.1, 0.15) is 56.2 Å². The number of aryl methyl sites for hydroxylation is 1. The molecule has 3 aliphatic rings. The second kappa shape index (κ2) is 8.14. The monoisotopic (exact) mass is 377 g/mol. The molecule has 2 saturated heterocycles. The fourth-order valence-electron chi connectivity index (χ4n) is 4.88. The summed E-state index contributed by atoms with van der Waals surface area (Å²) in [5, 5.41) is 7.30. The van der Waals surface area contributed by atoms with Crippen molar-refractivity contribution in [1.82, 2.24) is 25.3 Å². The number of hydrogen-bond acceptors (Lipinski definition) is 6. The molecule has 1 aliphatic carbocycles. The minimum atomic E-state index is 0.0412. The third-order valence-electron chi connectivity index (χ3n) is 6.40. The first-order valence-electron chi connectivity index (χ1n) is 10.3. The SMILES string of the molecule is Cc1nc(C2CCCN(C(=O)NCC3(N4CCOCC4)CCCC3)C2)no1. The van der Waals surface area contributed by atoms with Crippen molar-refractivity contribution in [2.45, 2.75) is 56.9 Å². The topological polar surface area (TPSA) is 83.7 Å². The Kier molecular flexibility index (Phi) is 5.63. The molecule has 27 heavy (non-hydrogen) atoms. The van der Waals surface area contributed by atoms with Gasteiger partial charge in [-0.15, -0.1) is 0 Å². The maximum atomic E-state index is 12.9. The zero-order chi connectivity index (χ0) is 18.7. The fourth-order valence-corrected chi connectivity index (χ4v) is 4.88. The van der Waals surface area contributed by atoms with E-state index in [0.29, 0.717) is 12.4 Å². The number of amides is 2. The Balaban J connectivity index is 1.35. The van der Waals surface area contributed by atoms with Crippen LogP contribution in [0.4, 0.5) is 4.79 Å². The summed E-state index contributed by atoms with van der Waals surface area (Å²) in [5.74, 6) is 1.48. The molecule has 2 amide bonds. The van der Waals surface area contributed by atoms with Crippen LogP contribution in [0.15, 0.2) is 4.52 Å². The van der Waals surface area contributed by atoms with Gasteiger partial charge in [0.25, 0.3) is 0 Å². The minimum absolute atomic E-state index is 0.0412. The number of nitrogens with zero attached hydrogens (tertiary/aromatic N) is 4. The van der Waals surface area contributed by atoms with Gasteiger partial charge in [-0.3, -0.25) is 4.90 Å². The van der Waals surface area contributed by atoms with Gasteiger partial charge in [0, 0.05) is 51.1 Å². The molecule has 0 aromatic carbocycles. The number of piperidine rings is 1. The Morgan fingerprint density at radius 1 is 1.22 bits per heavy atom.